The van der Waals surface area contributed by atoms with Crippen LogP contribution in [0, 0.1) is 12.3 Å². The van der Waals surface area contributed by atoms with Crippen molar-refractivity contribution in [1.29, 1.82) is 0 Å². The van der Waals surface area contributed by atoms with E-state index in [0.717, 1.165) is 52.6 Å². The Labute approximate surface area is 198 Å². The van der Waals surface area contributed by atoms with Crippen LogP contribution in [0.4, 0.5) is 17.5 Å². The number of nitrogens with zero attached hydrogens (tertiary/aromatic N) is 7. The van der Waals surface area contributed by atoms with Crippen molar-refractivity contribution in [2.75, 3.05) is 29.9 Å². The Morgan fingerprint density at radius 1 is 1.15 bits per heavy atom. The van der Waals surface area contributed by atoms with E-state index < -0.39 is 0 Å². The highest BCUT2D eigenvalue weighted by atomic mass is 16.5. The molecule has 3 aromatic heterocycles. The molecule has 0 bridgehead atoms. The van der Waals surface area contributed by atoms with E-state index in [1.54, 1.807) is 6.33 Å². The van der Waals surface area contributed by atoms with Gasteiger partial charge in [0, 0.05) is 48.4 Å². The Hall–Kier alpha value is -3.75. The molecule has 0 unspecified atom stereocenters. The summed E-state index contributed by atoms with van der Waals surface area (Å²) in [6.45, 7) is 6.68. The lowest BCUT2D eigenvalue weighted by Gasteiger charge is -2.56. The van der Waals surface area contributed by atoms with Crippen molar-refractivity contribution in [2.24, 2.45) is 12.5 Å². The highest BCUT2D eigenvalue weighted by Crippen LogP contribution is 2.49. The first kappa shape index (κ1) is 20.8. The zero-order valence-corrected chi connectivity index (χ0v) is 19.7. The average Bonchev–Trinajstić information content (AvgIpc) is 3.19. The van der Waals surface area contributed by atoms with Gasteiger partial charge < -0.3 is 19.5 Å². The monoisotopic (exact) mass is 456 g/mol. The number of benzene rings is 1. The Bertz CT molecular complexity index is 1370. The van der Waals surface area contributed by atoms with Gasteiger partial charge in [-0.1, -0.05) is 6.42 Å². The van der Waals surface area contributed by atoms with Crippen LogP contribution in [-0.2, 0) is 7.05 Å². The molecule has 1 aromatic carbocycles. The molecular weight excluding hydrogens is 428 g/mol. The summed E-state index contributed by atoms with van der Waals surface area (Å²) >= 11 is 0. The third-order valence-corrected chi connectivity index (χ3v) is 6.94. The van der Waals surface area contributed by atoms with Gasteiger partial charge in [-0.2, -0.15) is 0 Å². The normalized spacial score (nSPS) is 16.4. The molecule has 1 aliphatic heterocycles. The number of anilines is 3. The van der Waals surface area contributed by atoms with E-state index >= 15 is 0 Å². The van der Waals surface area contributed by atoms with E-state index in [2.05, 4.69) is 25.4 Å². The first-order valence-electron chi connectivity index (χ1n) is 11.8. The van der Waals surface area contributed by atoms with Crippen LogP contribution >= 0.6 is 0 Å². The Morgan fingerprint density at radius 2 is 2.00 bits per heavy atom. The zero-order chi connectivity index (χ0) is 23.3. The Morgan fingerprint density at radius 3 is 2.71 bits per heavy atom. The number of nitrogens with one attached hydrogen (secondary N) is 1. The van der Waals surface area contributed by atoms with Crippen molar-refractivity contribution in [2.45, 2.75) is 33.1 Å². The third kappa shape index (κ3) is 3.52. The summed E-state index contributed by atoms with van der Waals surface area (Å²) in [5, 5.41) is 12.5. The van der Waals surface area contributed by atoms with Gasteiger partial charge in [-0.05, 0) is 51.0 Å². The summed E-state index contributed by atoms with van der Waals surface area (Å²) < 4.78 is 7.80. The molecule has 2 fully saturated rings. The number of pyridine rings is 1. The van der Waals surface area contributed by atoms with Gasteiger partial charge in [0.2, 0.25) is 5.95 Å². The zero-order valence-electron chi connectivity index (χ0n) is 19.7. The first-order valence-corrected chi connectivity index (χ1v) is 11.8. The van der Waals surface area contributed by atoms with Gasteiger partial charge in [-0.3, -0.25) is 0 Å². The molecule has 0 amide bonds. The molecule has 0 radical (unpaired) electrons. The van der Waals surface area contributed by atoms with Crippen molar-refractivity contribution in [3.05, 3.63) is 42.5 Å². The lowest BCUT2D eigenvalue weighted by Crippen LogP contribution is -2.60. The van der Waals surface area contributed by atoms with Crippen LogP contribution < -0.4 is 15.0 Å². The summed E-state index contributed by atoms with van der Waals surface area (Å²) in [6, 6.07) is 7.96. The predicted molar refractivity (Wildman–Crippen MR) is 131 cm³/mol. The molecule has 1 spiro atoms. The van der Waals surface area contributed by atoms with Gasteiger partial charge in [0.15, 0.2) is 11.6 Å². The summed E-state index contributed by atoms with van der Waals surface area (Å²) in [7, 11) is 1.92. The standard InChI is InChI=1S/C25H28N8O/c1-4-34-20-11-17(22-31-27-15-32(22)3)6-7-19(20)29-24-26-12-18-10-16(2)28-23(21(18)30-24)33-13-25(14-33)8-5-9-25/h6-7,10-12,15H,4-5,8-9,13-14H2,1-3H3,(H,26,29,30). The first-order chi connectivity index (χ1) is 16.5. The Balaban J connectivity index is 1.33. The van der Waals surface area contributed by atoms with Crippen LogP contribution in [-0.4, -0.2) is 49.4 Å². The van der Waals surface area contributed by atoms with E-state index in [9.17, 15) is 0 Å². The molecule has 1 saturated heterocycles. The molecule has 9 nitrogen and oxygen atoms in total. The van der Waals surface area contributed by atoms with Gasteiger partial charge in [0.05, 0.1) is 12.3 Å². The maximum atomic E-state index is 5.93. The highest BCUT2D eigenvalue weighted by molar-refractivity contribution is 5.90. The molecule has 0 atom stereocenters. The number of rotatable bonds is 6. The van der Waals surface area contributed by atoms with Crippen LogP contribution in [0.5, 0.6) is 5.75 Å². The van der Waals surface area contributed by atoms with E-state index in [1.165, 1.54) is 19.3 Å². The molecular formula is C25H28N8O. The second-order valence-corrected chi connectivity index (χ2v) is 9.46. The summed E-state index contributed by atoms with van der Waals surface area (Å²) in [5.41, 5.74) is 4.11. The van der Waals surface area contributed by atoms with Crippen molar-refractivity contribution >= 4 is 28.4 Å². The van der Waals surface area contributed by atoms with Crippen molar-refractivity contribution in [3.63, 3.8) is 0 Å². The number of aromatic nitrogens is 6. The van der Waals surface area contributed by atoms with Crippen LogP contribution in [0.1, 0.15) is 31.9 Å². The minimum absolute atomic E-state index is 0.517. The van der Waals surface area contributed by atoms with E-state index in [1.807, 2.05) is 55.9 Å². The van der Waals surface area contributed by atoms with Crippen molar-refractivity contribution < 1.29 is 4.74 Å². The van der Waals surface area contributed by atoms with Gasteiger partial charge in [-0.25, -0.2) is 15.0 Å². The molecule has 4 heterocycles. The molecule has 174 valence electrons. The molecule has 6 rings (SSSR count). The van der Waals surface area contributed by atoms with Crippen LogP contribution in [0.3, 0.4) is 0 Å². The quantitative estimate of drug-likeness (QED) is 0.460. The number of fused-ring (bicyclic) bond motifs is 1. The predicted octanol–water partition coefficient (Wildman–Crippen LogP) is 4.26. The molecule has 34 heavy (non-hydrogen) atoms. The minimum Gasteiger partial charge on any atom is -0.492 e. The highest BCUT2D eigenvalue weighted by Gasteiger charge is 2.48. The average molecular weight is 457 g/mol. The molecule has 2 aliphatic rings. The summed E-state index contributed by atoms with van der Waals surface area (Å²) in [4.78, 5) is 16.7. The van der Waals surface area contributed by atoms with Crippen molar-refractivity contribution in [3.8, 4) is 17.1 Å². The van der Waals surface area contributed by atoms with Crippen LogP contribution in [0.25, 0.3) is 22.3 Å². The van der Waals surface area contributed by atoms with E-state index in [-0.39, 0.29) is 0 Å². The fraction of sp³-hybridized carbons (Fsp3) is 0.400. The number of hydrogen-bond donors (Lipinski definition) is 1. The number of ether oxygens (including phenoxy) is 1. The molecule has 1 saturated carbocycles. The molecule has 9 heteroatoms. The number of hydrogen-bond acceptors (Lipinski definition) is 8. The fourth-order valence-electron chi connectivity index (χ4n) is 5.04. The lowest BCUT2D eigenvalue weighted by atomic mass is 9.63. The molecule has 1 N–H and O–H groups in total. The van der Waals surface area contributed by atoms with Crippen LogP contribution in [0.2, 0.25) is 0 Å². The second kappa shape index (κ2) is 7.93. The summed E-state index contributed by atoms with van der Waals surface area (Å²) in [6.07, 6.45) is 7.57. The SMILES string of the molecule is CCOc1cc(-c2nncn2C)ccc1Nc1ncc2cc(C)nc(N3CC4(CCC4)C3)c2n1. The van der Waals surface area contributed by atoms with Gasteiger partial charge >= 0.3 is 0 Å². The summed E-state index contributed by atoms with van der Waals surface area (Å²) in [5.74, 6) is 2.97. The topological polar surface area (TPSA) is 93.9 Å². The number of aryl methyl sites for hydroxylation is 2. The smallest absolute Gasteiger partial charge is 0.227 e. The van der Waals surface area contributed by atoms with E-state index in [4.69, 9.17) is 14.7 Å². The Kier molecular flexibility index (Phi) is 4.86. The third-order valence-electron chi connectivity index (χ3n) is 6.94. The van der Waals surface area contributed by atoms with Gasteiger partial charge in [0.25, 0.3) is 0 Å². The maximum absolute atomic E-state index is 5.93. The van der Waals surface area contributed by atoms with Gasteiger partial charge in [-0.15, -0.1) is 10.2 Å². The maximum Gasteiger partial charge on any atom is 0.227 e. The van der Waals surface area contributed by atoms with Crippen molar-refractivity contribution in [1.82, 2.24) is 29.7 Å². The lowest BCUT2D eigenvalue weighted by molar-refractivity contribution is 0.0899. The molecule has 4 aromatic rings. The van der Waals surface area contributed by atoms with E-state index in [0.29, 0.717) is 23.7 Å². The largest absolute Gasteiger partial charge is 0.492 e. The van der Waals surface area contributed by atoms with Crippen LogP contribution in [0.15, 0.2) is 36.8 Å². The van der Waals surface area contributed by atoms with Gasteiger partial charge in [0.1, 0.15) is 17.6 Å². The minimum atomic E-state index is 0.517. The second-order valence-electron chi connectivity index (χ2n) is 9.46. The fourth-order valence-corrected chi connectivity index (χ4v) is 5.04. The molecule has 1 aliphatic carbocycles.